The summed E-state index contributed by atoms with van der Waals surface area (Å²) in [6, 6.07) is 0.548. The highest BCUT2D eigenvalue weighted by atomic mass is 16.5. The Balaban J connectivity index is 1.51. The molecule has 21 heavy (non-hydrogen) atoms. The standard InChI is InChI=1S/C16H29N3O2/c17-11-13-2-1-3-14(10-13)16(20)19-5-4-15(12-19)18-6-8-21-9-7-18/h13-15H,1-12,17H2. The second kappa shape index (κ2) is 7.07. The minimum atomic E-state index is 0.232. The lowest BCUT2D eigenvalue weighted by atomic mass is 9.81. The summed E-state index contributed by atoms with van der Waals surface area (Å²) in [5.41, 5.74) is 5.80. The molecule has 0 aromatic carbocycles. The predicted molar refractivity (Wildman–Crippen MR) is 81.9 cm³/mol. The highest BCUT2D eigenvalue weighted by molar-refractivity contribution is 5.79. The molecule has 2 saturated heterocycles. The summed E-state index contributed by atoms with van der Waals surface area (Å²) >= 11 is 0. The van der Waals surface area contributed by atoms with Crippen LogP contribution in [0, 0.1) is 11.8 Å². The van der Waals surface area contributed by atoms with Gasteiger partial charge in [0.2, 0.25) is 5.91 Å². The van der Waals surface area contributed by atoms with Gasteiger partial charge in [-0.1, -0.05) is 6.42 Å². The average Bonchev–Trinajstić information content (AvgIpc) is 3.05. The summed E-state index contributed by atoms with van der Waals surface area (Å²) in [5, 5.41) is 0. The Kier molecular flexibility index (Phi) is 5.14. The van der Waals surface area contributed by atoms with E-state index in [1.807, 2.05) is 0 Å². The van der Waals surface area contributed by atoms with Gasteiger partial charge < -0.3 is 15.4 Å². The van der Waals surface area contributed by atoms with Crippen molar-refractivity contribution >= 4 is 5.91 Å². The number of amides is 1. The minimum Gasteiger partial charge on any atom is -0.379 e. The molecule has 0 aromatic heterocycles. The topological polar surface area (TPSA) is 58.8 Å². The fourth-order valence-corrected chi connectivity index (χ4v) is 4.17. The van der Waals surface area contributed by atoms with Crippen molar-refractivity contribution in [2.75, 3.05) is 45.9 Å². The lowest BCUT2D eigenvalue weighted by Gasteiger charge is -2.33. The van der Waals surface area contributed by atoms with Gasteiger partial charge in [-0.05, 0) is 38.1 Å². The molecule has 5 heteroatoms. The van der Waals surface area contributed by atoms with E-state index in [0.717, 1.165) is 65.2 Å². The number of morpholine rings is 1. The fraction of sp³-hybridized carbons (Fsp3) is 0.938. The number of nitrogens with zero attached hydrogens (tertiary/aromatic N) is 2. The molecule has 3 unspecified atom stereocenters. The monoisotopic (exact) mass is 295 g/mol. The van der Waals surface area contributed by atoms with Crippen molar-refractivity contribution in [3.05, 3.63) is 0 Å². The van der Waals surface area contributed by atoms with Gasteiger partial charge in [0.25, 0.3) is 0 Å². The zero-order valence-electron chi connectivity index (χ0n) is 13.0. The van der Waals surface area contributed by atoms with Gasteiger partial charge >= 0.3 is 0 Å². The summed E-state index contributed by atoms with van der Waals surface area (Å²) < 4.78 is 5.42. The Labute approximate surface area is 127 Å². The number of nitrogens with two attached hydrogens (primary N) is 1. The van der Waals surface area contributed by atoms with Crippen LogP contribution in [0.5, 0.6) is 0 Å². The van der Waals surface area contributed by atoms with Crippen LogP contribution in [0.1, 0.15) is 32.1 Å². The molecule has 0 aromatic rings. The Morgan fingerprint density at radius 2 is 1.95 bits per heavy atom. The lowest BCUT2D eigenvalue weighted by Crippen LogP contribution is -2.46. The van der Waals surface area contributed by atoms with Crippen LogP contribution in [-0.2, 0) is 9.53 Å². The van der Waals surface area contributed by atoms with Gasteiger partial charge in [0.05, 0.1) is 13.2 Å². The molecule has 2 heterocycles. The Morgan fingerprint density at radius 1 is 1.14 bits per heavy atom. The van der Waals surface area contributed by atoms with Crippen molar-refractivity contribution < 1.29 is 9.53 Å². The molecule has 2 aliphatic heterocycles. The number of likely N-dealkylation sites (tertiary alicyclic amines) is 1. The first-order valence-corrected chi connectivity index (χ1v) is 8.58. The number of hydrogen-bond donors (Lipinski definition) is 1. The minimum absolute atomic E-state index is 0.232. The molecule has 3 fully saturated rings. The van der Waals surface area contributed by atoms with Gasteiger partial charge in [0, 0.05) is 38.1 Å². The third kappa shape index (κ3) is 3.58. The largest absolute Gasteiger partial charge is 0.379 e. The zero-order chi connectivity index (χ0) is 14.7. The van der Waals surface area contributed by atoms with Crippen LogP contribution >= 0.6 is 0 Å². The summed E-state index contributed by atoms with van der Waals surface area (Å²) in [4.78, 5) is 17.3. The van der Waals surface area contributed by atoms with Gasteiger partial charge in [0.15, 0.2) is 0 Å². The number of ether oxygens (including phenoxy) is 1. The van der Waals surface area contributed by atoms with Crippen LogP contribution in [0.2, 0.25) is 0 Å². The second-order valence-corrected chi connectivity index (χ2v) is 6.84. The van der Waals surface area contributed by atoms with Crippen molar-refractivity contribution in [2.24, 2.45) is 17.6 Å². The fourth-order valence-electron chi connectivity index (χ4n) is 4.17. The van der Waals surface area contributed by atoms with Crippen LogP contribution in [0.15, 0.2) is 0 Å². The summed E-state index contributed by atoms with van der Waals surface area (Å²) in [7, 11) is 0. The molecule has 1 amide bonds. The third-order valence-electron chi connectivity index (χ3n) is 5.50. The van der Waals surface area contributed by atoms with Crippen molar-refractivity contribution in [2.45, 2.75) is 38.1 Å². The number of carbonyl (C=O) groups is 1. The van der Waals surface area contributed by atoms with Crippen LogP contribution in [0.4, 0.5) is 0 Å². The molecular formula is C16H29N3O2. The van der Waals surface area contributed by atoms with E-state index in [-0.39, 0.29) is 5.92 Å². The zero-order valence-corrected chi connectivity index (χ0v) is 13.0. The second-order valence-electron chi connectivity index (χ2n) is 6.84. The average molecular weight is 295 g/mol. The van der Waals surface area contributed by atoms with Crippen molar-refractivity contribution in [1.82, 2.24) is 9.80 Å². The Morgan fingerprint density at radius 3 is 2.71 bits per heavy atom. The molecule has 5 nitrogen and oxygen atoms in total. The Bertz CT molecular complexity index is 357. The maximum Gasteiger partial charge on any atom is 0.225 e. The van der Waals surface area contributed by atoms with Gasteiger partial charge in [0.1, 0.15) is 0 Å². The van der Waals surface area contributed by atoms with E-state index in [9.17, 15) is 4.79 Å². The number of hydrogen-bond acceptors (Lipinski definition) is 4. The van der Waals surface area contributed by atoms with E-state index in [0.29, 0.717) is 17.9 Å². The first kappa shape index (κ1) is 15.3. The number of carbonyl (C=O) groups excluding carboxylic acids is 1. The van der Waals surface area contributed by atoms with Crippen molar-refractivity contribution in [3.63, 3.8) is 0 Å². The van der Waals surface area contributed by atoms with E-state index in [2.05, 4.69) is 9.80 Å². The molecule has 3 rings (SSSR count). The van der Waals surface area contributed by atoms with Gasteiger partial charge in [-0.15, -0.1) is 0 Å². The maximum absolute atomic E-state index is 12.7. The first-order chi connectivity index (χ1) is 10.3. The van der Waals surface area contributed by atoms with E-state index in [1.165, 1.54) is 12.8 Å². The summed E-state index contributed by atoms with van der Waals surface area (Å²) in [6.07, 6.45) is 5.57. The molecular weight excluding hydrogens is 266 g/mol. The van der Waals surface area contributed by atoms with Gasteiger partial charge in [-0.3, -0.25) is 9.69 Å². The van der Waals surface area contributed by atoms with E-state index >= 15 is 0 Å². The third-order valence-corrected chi connectivity index (χ3v) is 5.50. The van der Waals surface area contributed by atoms with Crippen LogP contribution in [-0.4, -0.2) is 67.7 Å². The SMILES string of the molecule is NCC1CCCC(C(=O)N2CCC(N3CCOCC3)C2)C1. The molecule has 2 N–H and O–H groups in total. The van der Waals surface area contributed by atoms with E-state index in [4.69, 9.17) is 10.5 Å². The summed E-state index contributed by atoms with van der Waals surface area (Å²) in [6.45, 7) is 6.31. The van der Waals surface area contributed by atoms with Crippen LogP contribution < -0.4 is 5.73 Å². The molecule has 3 aliphatic rings. The lowest BCUT2D eigenvalue weighted by molar-refractivity contribution is -0.136. The normalized spacial score (nSPS) is 35.1. The van der Waals surface area contributed by atoms with Gasteiger partial charge in [-0.25, -0.2) is 0 Å². The summed E-state index contributed by atoms with van der Waals surface area (Å²) in [5.74, 6) is 1.19. The van der Waals surface area contributed by atoms with Crippen LogP contribution in [0.3, 0.4) is 0 Å². The molecule has 1 aliphatic carbocycles. The maximum atomic E-state index is 12.7. The molecule has 0 radical (unpaired) electrons. The highest BCUT2D eigenvalue weighted by Gasteiger charge is 2.35. The smallest absolute Gasteiger partial charge is 0.225 e. The van der Waals surface area contributed by atoms with Crippen molar-refractivity contribution in [1.29, 1.82) is 0 Å². The molecule has 3 atom stereocenters. The highest BCUT2D eigenvalue weighted by Crippen LogP contribution is 2.31. The molecule has 0 spiro atoms. The first-order valence-electron chi connectivity index (χ1n) is 8.58. The molecule has 1 saturated carbocycles. The van der Waals surface area contributed by atoms with E-state index < -0.39 is 0 Å². The van der Waals surface area contributed by atoms with Crippen LogP contribution in [0.25, 0.3) is 0 Å². The predicted octanol–water partition coefficient (Wildman–Crippen LogP) is 0.685. The molecule has 0 bridgehead atoms. The quantitative estimate of drug-likeness (QED) is 0.832. The van der Waals surface area contributed by atoms with Crippen molar-refractivity contribution in [3.8, 4) is 0 Å². The molecule has 120 valence electrons. The van der Waals surface area contributed by atoms with Gasteiger partial charge in [-0.2, -0.15) is 0 Å². The van der Waals surface area contributed by atoms with E-state index in [1.54, 1.807) is 0 Å². The Hall–Kier alpha value is -0.650. The number of rotatable bonds is 3.